The highest BCUT2D eigenvalue weighted by Crippen LogP contribution is 1.93. The summed E-state index contributed by atoms with van der Waals surface area (Å²) in [7, 11) is 0. The van der Waals surface area contributed by atoms with Crippen LogP contribution in [-0.4, -0.2) is 6.29 Å². The predicted molar refractivity (Wildman–Crippen MR) is 35.2 cm³/mol. The molecule has 0 aliphatic heterocycles. The number of aldehydes is 1. The van der Waals surface area contributed by atoms with Crippen LogP contribution in [0.1, 0.15) is 12.5 Å². The number of hydrogen-bond donors (Lipinski definition) is 0. The summed E-state index contributed by atoms with van der Waals surface area (Å²) in [5, 5.41) is 0. The van der Waals surface area contributed by atoms with Crippen LogP contribution in [0.4, 0.5) is 0 Å². The predicted octanol–water partition coefficient (Wildman–Crippen LogP) is 1.79. The van der Waals surface area contributed by atoms with Gasteiger partial charge in [0.1, 0.15) is 6.29 Å². The molecule has 0 N–H and O–H groups in total. The van der Waals surface area contributed by atoms with Gasteiger partial charge in [0, 0.05) is 0 Å². The third-order valence-corrected chi connectivity index (χ3v) is 0.663. The maximum atomic E-state index is 8.81. The fourth-order valence-corrected chi connectivity index (χ4v) is 0.333. The molecule has 0 saturated heterocycles. The second kappa shape index (κ2) is 5.09. The van der Waals surface area contributed by atoms with Crippen LogP contribution in [-0.2, 0) is 4.79 Å². The van der Waals surface area contributed by atoms with Gasteiger partial charge in [-0.15, -0.1) is 0 Å². The number of carbonyl (C=O) groups is 1. The second-order valence-corrected chi connectivity index (χ2v) is 1.54. The van der Waals surface area contributed by atoms with Crippen molar-refractivity contribution in [3.05, 3.63) is 24.2 Å². The van der Waals surface area contributed by atoms with Crippen LogP contribution in [0.2, 0.25) is 0 Å². The number of aryl methyl sites for hydroxylation is 1. The molecule has 2 heteroatoms. The van der Waals surface area contributed by atoms with Gasteiger partial charge in [0.15, 0.2) is 0 Å². The molecule has 2 nitrogen and oxygen atoms in total. The summed E-state index contributed by atoms with van der Waals surface area (Å²) < 4.78 is 4.71. The van der Waals surface area contributed by atoms with Crippen LogP contribution in [0.3, 0.4) is 0 Å². The molecule has 0 radical (unpaired) electrons. The van der Waals surface area contributed by atoms with Gasteiger partial charge in [0.2, 0.25) is 0 Å². The van der Waals surface area contributed by atoms with Crippen molar-refractivity contribution >= 4 is 6.29 Å². The Kier molecular flexibility index (Phi) is 4.50. The van der Waals surface area contributed by atoms with E-state index < -0.39 is 0 Å². The molecule has 0 fully saturated rings. The van der Waals surface area contributed by atoms with Crippen molar-refractivity contribution in [3.8, 4) is 0 Å². The van der Waals surface area contributed by atoms with Crippen LogP contribution < -0.4 is 0 Å². The van der Waals surface area contributed by atoms with E-state index in [0.29, 0.717) is 0 Å². The molecular formula is C7H10O2. The van der Waals surface area contributed by atoms with Crippen molar-refractivity contribution in [1.29, 1.82) is 0 Å². The fraction of sp³-hybridized carbons (Fsp3) is 0.286. The zero-order chi connectivity index (χ0) is 7.11. The van der Waals surface area contributed by atoms with E-state index in [4.69, 9.17) is 9.21 Å². The Bertz CT molecular complexity index is 142. The highest BCUT2D eigenvalue weighted by molar-refractivity contribution is 5.44. The first kappa shape index (κ1) is 7.95. The first-order chi connectivity index (χ1) is 4.31. The molecule has 0 amide bonds. The van der Waals surface area contributed by atoms with E-state index >= 15 is 0 Å². The first-order valence-electron chi connectivity index (χ1n) is 2.70. The van der Waals surface area contributed by atoms with Gasteiger partial charge < -0.3 is 9.21 Å². The first-order valence-corrected chi connectivity index (χ1v) is 2.70. The highest BCUT2D eigenvalue weighted by Gasteiger charge is 1.75. The van der Waals surface area contributed by atoms with E-state index in [2.05, 4.69) is 0 Å². The van der Waals surface area contributed by atoms with Gasteiger partial charge in [-0.3, -0.25) is 0 Å². The Balaban J connectivity index is 0.000000187. The van der Waals surface area contributed by atoms with Crippen molar-refractivity contribution in [1.82, 2.24) is 0 Å². The smallest absolute Gasteiger partial charge is 0.116 e. The van der Waals surface area contributed by atoms with Gasteiger partial charge in [0.25, 0.3) is 0 Å². The molecule has 9 heavy (non-hydrogen) atoms. The second-order valence-electron chi connectivity index (χ2n) is 1.54. The van der Waals surface area contributed by atoms with Gasteiger partial charge in [-0.1, -0.05) is 0 Å². The lowest BCUT2D eigenvalue weighted by molar-refractivity contribution is -0.106. The molecule has 0 bridgehead atoms. The fourth-order valence-electron chi connectivity index (χ4n) is 0.333. The normalized spacial score (nSPS) is 7.33. The minimum atomic E-state index is 0.750. The minimum absolute atomic E-state index is 0.750. The molecule has 1 rings (SSSR count). The maximum absolute atomic E-state index is 8.81. The van der Waals surface area contributed by atoms with Crippen LogP contribution in [0.5, 0.6) is 0 Å². The summed E-state index contributed by atoms with van der Waals surface area (Å²) in [6.07, 6.45) is 4.12. The Morgan fingerprint density at radius 2 is 2.22 bits per heavy atom. The van der Waals surface area contributed by atoms with E-state index in [-0.39, 0.29) is 0 Å². The summed E-state index contributed by atoms with van der Waals surface area (Å²) in [6, 6.07) is 1.92. The molecule has 0 atom stereocenters. The molecule has 1 aromatic rings. The molecule has 0 saturated carbocycles. The topological polar surface area (TPSA) is 30.2 Å². The Labute approximate surface area is 54.5 Å². The highest BCUT2D eigenvalue weighted by atomic mass is 16.3. The largest absolute Gasteiger partial charge is 0.472 e. The summed E-state index contributed by atoms with van der Waals surface area (Å²) in [5.74, 6) is 0. The zero-order valence-corrected chi connectivity index (χ0v) is 5.63. The van der Waals surface area contributed by atoms with Crippen molar-refractivity contribution in [2.24, 2.45) is 0 Å². The van der Waals surface area contributed by atoms with Gasteiger partial charge in [-0.25, -0.2) is 0 Å². The lowest BCUT2D eigenvalue weighted by Gasteiger charge is -1.63. The molecule has 0 unspecified atom stereocenters. The van der Waals surface area contributed by atoms with Gasteiger partial charge >= 0.3 is 0 Å². The minimum Gasteiger partial charge on any atom is -0.472 e. The van der Waals surface area contributed by atoms with Gasteiger partial charge in [-0.2, -0.15) is 0 Å². The summed E-state index contributed by atoms with van der Waals surface area (Å²) >= 11 is 0. The molecule has 1 aromatic heterocycles. The lowest BCUT2D eigenvalue weighted by atomic mass is 10.4. The van der Waals surface area contributed by atoms with Crippen LogP contribution >= 0.6 is 0 Å². The van der Waals surface area contributed by atoms with E-state index in [0.717, 1.165) is 6.29 Å². The quantitative estimate of drug-likeness (QED) is 0.496. The average Bonchev–Trinajstić information content (AvgIpc) is 2.20. The van der Waals surface area contributed by atoms with Gasteiger partial charge in [-0.05, 0) is 25.5 Å². The molecule has 50 valence electrons. The Morgan fingerprint density at radius 1 is 1.67 bits per heavy atom. The Hall–Kier alpha value is -1.05. The zero-order valence-electron chi connectivity index (χ0n) is 5.63. The molecule has 1 heterocycles. The van der Waals surface area contributed by atoms with Crippen LogP contribution in [0.15, 0.2) is 23.0 Å². The third kappa shape index (κ3) is 4.81. The van der Waals surface area contributed by atoms with E-state index in [9.17, 15) is 0 Å². The summed E-state index contributed by atoms with van der Waals surface area (Å²) in [5.41, 5.74) is 1.18. The SMILES string of the molecule is CC=O.Cc1ccoc1. The van der Waals surface area contributed by atoms with Crippen molar-refractivity contribution in [2.75, 3.05) is 0 Å². The van der Waals surface area contributed by atoms with Crippen LogP contribution in [0.25, 0.3) is 0 Å². The molecule has 0 aliphatic rings. The number of carbonyl (C=O) groups excluding carboxylic acids is 1. The summed E-state index contributed by atoms with van der Waals surface area (Å²) in [4.78, 5) is 8.81. The molecule has 0 spiro atoms. The lowest BCUT2D eigenvalue weighted by Crippen LogP contribution is -1.48. The molecule has 0 aromatic carbocycles. The third-order valence-electron chi connectivity index (χ3n) is 0.663. The van der Waals surface area contributed by atoms with Crippen molar-refractivity contribution in [2.45, 2.75) is 13.8 Å². The standard InChI is InChI=1S/C5H6O.C2H4O/c1-5-2-3-6-4-5;1-2-3/h2-4H,1H3;2H,1H3. The average molecular weight is 126 g/mol. The number of hydrogen-bond acceptors (Lipinski definition) is 2. The van der Waals surface area contributed by atoms with Gasteiger partial charge in [0.05, 0.1) is 12.5 Å². The summed E-state index contributed by atoms with van der Waals surface area (Å²) in [6.45, 7) is 3.43. The van der Waals surface area contributed by atoms with Crippen molar-refractivity contribution < 1.29 is 9.21 Å². The van der Waals surface area contributed by atoms with Crippen LogP contribution in [0, 0.1) is 6.92 Å². The monoisotopic (exact) mass is 126 g/mol. The maximum Gasteiger partial charge on any atom is 0.116 e. The number of rotatable bonds is 0. The van der Waals surface area contributed by atoms with E-state index in [1.54, 1.807) is 12.5 Å². The Morgan fingerprint density at radius 3 is 2.33 bits per heavy atom. The van der Waals surface area contributed by atoms with E-state index in [1.807, 2.05) is 13.0 Å². The van der Waals surface area contributed by atoms with Crippen molar-refractivity contribution in [3.63, 3.8) is 0 Å². The van der Waals surface area contributed by atoms with E-state index in [1.165, 1.54) is 12.5 Å². The number of furan rings is 1. The molecule has 0 aliphatic carbocycles. The molecular weight excluding hydrogens is 116 g/mol.